The molecule has 0 radical (unpaired) electrons. The average Bonchev–Trinajstić information content (AvgIpc) is 2.87. The molecule has 1 atom stereocenters. The largest absolute Gasteiger partial charge is 0.459 e. The van der Waals surface area contributed by atoms with E-state index in [9.17, 15) is 0 Å². The zero-order chi connectivity index (χ0) is 14.8. The summed E-state index contributed by atoms with van der Waals surface area (Å²) in [6.07, 6.45) is 3.73. The molecule has 0 saturated heterocycles. The van der Waals surface area contributed by atoms with E-state index in [4.69, 9.17) is 16.0 Å². The zero-order valence-electron chi connectivity index (χ0n) is 12.1. The molecule has 108 valence electrons. The fourth-order valence-corrected chi connectivity index (χ4v) is 2.68. The van der Waals surface area contributed by atoms with Crippen LogP contribution in [0.25, 0.3) is 11.0 Å². The van der Waals surface area contributed by atoms with E-state index in [0.717, 1.165) is 34.4 Å². The third-order valence-electron chi connectivity index (χ3n) is 3.42. The van der Waals surface area contributed by atoms with Gasteiger partial charge in [0.15, 0.2) is 0 Å². The molecule has 0 aliphatic carbocycles. The van der Waals surface area contributed by atoms with Crippen LogP contribution in [0.5, 0.6) is 0 Å². The molecule has 4 heteroatoms. The Morgan fingerprint density at radius 3 is 2.86 bits per heavy atom. The highest BCUT2D eigenvalue weighted by Crippen LogP contribution is 2.29. The van der Waals surface area contributed by atoms with Crippen LogP contribution in [0, 0.1) is 6.92 Å². The lowest BCUT2D eigenvalue weighted by Crippen LogP contribution is -2.21. The maximum Gasteiger partial charge on any atom is 0.134 e. The molecule has 3 aromatic rings. The van der Waals surface area contributed by atoms with Crippen molar-refractivity contribution in [2.24, 2.45) is 0 Å². The SMILES string of the molecule is CCNC(c1cncc(C)c1)c1cc2cc(Cl)ccc2o1. The van der Waals surface area contributed by atoms with E-state index in [2.05, 4.69) is 23.3 Å². The first kappa shape index (κ1) is 14.1. The van der Waals surface area contributed by atoms with Gasteiger partial charge in [0.25, 0.3) is 0 Å². The minimum Gasteiger partial charge on any atom is -0.459 e. The topological polar surface area (TPSA) is 38.1 Å². The number of aromatic nitrogens is 1. The third kappa shape index (κ3) is 2.94. The number of fused-ring (bicyclic) bond motifs is 1. The van der Waals surface area contributed by atoms with Crippen molar-refractivity contribution in [1.82, 2.24) is 10.3 Å². The number of furan rings is 1. The molecule has 2 aromatic heterocycles. The first-order valence-electron chi connectivity index (χ1n) is 7.01. The Morgan fingerprint density at radius 2 is 2.10 bits per heavy atom. The number of aryl methyl sites for hydroxylation is 1. The minimum absolute atomic E-state index is 0.00595. The molecule has 1 aromatic carbocycles. The van der Waals surface area contributed by atoms with Gasteiger partial charge in [0.2, 0.25) is 0 Å². The average molecular weight is 301 g/mol. The number of hydrogen-bond donors (Lipinski definition) is 1. The van der Waals surface area contributed by atoms with Gasteiger partial charge in [0, 0.05) is 22.8 Å². The quantitative estimate of drug-likeness (QED) is 0.771. The summed E-state index contributed by atoms with van der Waals surface area (Å²) < 4.78 is 5.98. The van der Waals surface area contributed by atoms with Crippen LogP contribution in [0.4, 0.5) is 0 Å². The lowest BCUT2D eigenvalue weighted by molar-refractivity contribution is 0.476. The van der Waals surface area contributed by atoms with E-state index in [1.54, 1.807) is 0 Å². The highest BCUT2D eigenvalue weighted by Gasteiger charge is 2.18. The van der Waals surface area contributed by atoms with Gasteiger partial charge in [-0.3, -0.25) is 4.98 Å². The predicted octanol–water partition coefficient (Wildman–Crippen LogP) is 4.49. The first-order chi connectivity index (χ1) is 10.2. The van der Waals surface area contributed by atoms with Crippen LogP contribution in [-0.4, -0.2) is 11.5 Å². The van der Waals surface area contributed by atoms with Crippen LogP contribution < -0.4 is 5.32 Å². The maximum atomic E-state index is 6.04. The summed E-state index contributed by atoms with van der Waals surface area (Å²) in [6, 6.07) is 9.82. The molecule has 0 aliphatic heterocycles. The summed E-state index contributed by atoms with van der Waals surface area (Å²) in [6.45, 7) is 4.96. The number of hydrogen-bond acceptors (Lipinski definition) is 3. The second kappa shape index (κ2) is 5.88. The van der Waals surface area contributed by atoms with Gasteiger partial charge >= 0.3 is 0 Å². The summed E-state index contributed by atoms with van der Waals surface area (Å²) in [5.41, 5.74) is 3.08. The van der Waals surface area contributed by atoms with Crippen LogP contribution >= 0.6 is 11.6 Å². The van der Waals surface area contributed by atoms with Gasteiger partial charge in [0.05, 0.1) is 6.04 Å². The Hall–Kier alpha value is -1.84. The second-order valence-electron chi connectivity index (χ2n) is 5.12. The Labute approximate surface area is 128 Å². The van der Waals surface area contributed by atoms with Crippen LogP contribution in [0.1, 0.15) is 29.9 Å². The molecule has 3 rings (SSSR count). The van der Waals surface area contributed by atoms with Crippen molar-refractivity contribution in [2.75, 3.05) is 6.54 Å². The summed E-state index contributed by atoms with van der Waals surface area (Å²) in [4.78, 5) is 4.28. The van der Waals surface area contributed by atoms with Crippen molar-refractivity contribution in [1.29, 1.82) is 0 Å². The Bertz CT molecular complexity index is 766. The van der Waals surface area contributed by atoms with Gasteiger partial charge in [-0.15, -0.1) is 0 Å². The summed E-state index contributed by atoms with van der Waals surface area (Å²) in [5, 5.41) is 5.18. The van der Waals surface area contributed by atoms with Gasteiger partial charge in [-0.25, -0.2) is 0 Å². The fourth-order valence-electron chi connectivity index (χ4n) is 2.50. The molecule has 21 heavy (non-hydrogen) atoms. The van der Waals surface area contributed by atoms with E-state index in [1.807, 2.05) is 43.6 Å². The molecule has 3 nitrogen and oxygen atoms in total. The Balaban J connectivity index is 2.06. The number of halogens is 1. The molecule has 0 saturated carbocycles. The molecular formula is C17H17ClN2O. The molecule has 0 fully saturated rings. The monoisotopic (exact) mass is 300 g/mol. The van der Waals surface area contributed by atoms with Gasteiger partial charge in [-0.05, 0) is 48.9 Å². The molecule has 0 aliphatic rings. The minimum atomic E-state index is -0.00595. The van der Waals surface area contributed by atoms with Crippen LogP contribution in [-0.2, 0) is 0 Å². The van der Waals surface area contributed by atoms with Crippen molar-refractivity contribution in [3.05, 3.63) is 64.6 Å². The number of benzene rings is 1. The number of pyridine rings is 1. The highest BCUT2D eigenvalue weighted by molar-refractivity contribution is 6.31. The van der Waals surface area contributed by atoms with Crippen molar-refractivity contribution in [2.45, 2.75) is 19.9 Å². The summed E-state index contributed by atoms with van der Waals surface area (Å²) in [5.74, 6) is 0.876. The van der Waals surface area contributed by atoms with Gasteiger partial charge in [0.1, 0.15) is 11.3 Å². The van der Waals surface area contributed by atoms with E-state index >= 15 is 0 Å². The standard InChI is InChI=1S/C17H17ClN2O/c1-3-20-17(13-6-11(2)9-19-10-13)16-8-12-7-14(18)4-5-15(12)21-16/h4-10,17,20H,3H2,1-2H3. The molecule has 0 amide bonds. The second-order valence-corrected chi connectivity index (χ2v) is 5.55. The Morgan fingerprint density at radius 1 is 1.24 bits per heavy atom. The predicted molar refractivity (Wildman–Crippen MR) is 85.7 cm³/mol. The summed E-state index contributed by atoms with van der Waals surface area (Å²) in [7, 11) is 0. The molecule has 2 heterocycles. The molecular weight excluding hydrogens is 284 g/mol. The molecule has 0 spiro atoms. The maximum absolute atomic E-state index is 6.04. The molecule has 0 bridgehead atoms. The summed E-state index contributed by atoms with van der Waals surface area (Å²) >= 11 is 6.04. The Kier molecular flexibility index (Phi) is 3.95. The number of nitrogens with one attached hydrogen (secondary N) is 1. The van der Waals surface area contributed by atoms with E-state index < -0.39 is 0 Å². The van der Waals surface area contributed by atoms with E-state index in [1.165, 1.54) is 0 Å². The van der Waals surface area contributed by atoms with Gasteiger partial charge < -0.3 is 9.73 Å². The number of rotatable bonds is 4. The van der Waals surface area contributed by atoms with Crippen molar-refractivity contribution in [3.63, 3.8) is 0 Å². The smallest absolute Gasteiger partial charge is 0.134 e. The van der Waals surface area contributed by atoms with Gasteiger partial charge in [-0.1, -0.05) is 24.6 Å². The van der Waals surface area contributed by atoms with Crippen molar-refractivity contribution < 1.29 is 4.42 Å². The molecule has 1 N–H and O–H groups in total. The van der Waals surface area contributed by atoms with Crippen molar-refractivity contribution >= 4 is 22.6 Å². The molecule has 1 unspecified atom stereocenters. The highest BCUT2D eigenvalue weighted by atomic mass is 35.5. The normalized spacial score (nSPS) is 12.7. The first-order valence-corrected chi connectivity index (χ1v) is 7.39. The zero-order valence-corrected chi connectivity index (χ0v) is 12.8. The van der Waals surface area contributed by atoms with Gasteiger partial charge in [-0.2, -0.15) is 0 Å². The van der Waals surface area contributed by atoms with Crippen LogP contribution in [0.15, 0.2) is 47.1 Å². The van der Waals surface area contributed by atoms with E-state index in [-0.39, 0.29) is 6.04 Å². The fraction of sp³-hybridized carbons (Fsp3) is 0.235. The van der Waals surface area contributed by atoms with Crippen molar-refractivity contribution in [3.8, 4) is 0 Å². The third-order valence-corrected chi connectivity index (χ3v) is 3.65. The van der Waals surface area contributed by atoms with E-state index in [0.29, 0.717) is 5.02 Å². The number of nitrogens with zero attached hydrogens (tertiary/aromatic N) is 1. The lowest BCUT2D eigenvalue weighted by Gasteiger charge is -2.15. The van der Waals surface area contributed by atoms with Crippen LogP contribution in [0.2, 0.25) is 5.02 Å². The van der Waals surface area contributed by atoms with Crippen LogP contribution in [0.3, 0.4) is 0 Å². The lowest BCUT2D eigenvalue weighted by atomic mass is 10.0.